The second-order valence-electron chi connectivity index (χ2n) is 9.79. The zero-order chi connectivity index (χ0) is 23.3. The lowest BCUT2D eigenvalue weighted by molar-refractivity contribution is -0.909. The van der Waals surface area contributed by atoms with Gasteiger partial charge in [-0.3, -0.25) is 0 Å². The molecule has 0 saturated carbocycles. The topological polar surface area (TPSA) is 35.5 Å². The van der Waals surface area contributed by atoms with Gasteiger partial charge in [0.05, 0.1) is 26.3 Å². The number of nitrogens with zero attached hydrogens (tertiary/aromatic N) is 1. The zero-order valence-electron chi connectivity index (χ0n) is 21.3. The Balaban J connectivity index is 1.87. The maximum absolute atomic E-state index is 12.0. The summed E-state index contributed by atoms with van der Waals surface area (Å²) in [5, 5.41) is 0. The van der Waals surface area contributed by atoms with Crippen LogP contribution in [-0.2, 0) is 9.47 Å². The largest absolute Gasteiger partial charge is 0.456 e. The van der Waals surface area contributed by atoms with Crippen molar-refractivity contribution in [3.63, 3.8) is 0 Å². The first-order chi connectivity index (χ1) is 15.5. The van der Waals surface area contributed by atoms with E-state index < -0.39 is 0 Å². The van der Waals surface area contributed by atoms with Gasteiger partial charge in [0.15, 0.2) is 6.73 Å². The minimum atomic E-state index is -0.256. The smallest absolute Gasteiger partial charge is 0.338 e. The molecule has 0 amide bonds. The van der Waals surface area contributed by atoms with Crippen LogP contribution in [0.25, 0.3) is 0 Å². The quantitative estimate of drug-likeness (QED) is 0.0852. The van der Waals surface area contributed by atoms with Gasteiger partial charge in [-0.15, -0.1) is 0 Å². The molecule has 1 aromatic rings. The SMILES string of the molecule is CCCCCCCCCCCCCCCCOC[N+](C)(C)CCOC(=O)c1ccccc1. The van der Waals surface area contributed by atoms with E-state index in [1.165, 1.54) is 83.5 Å². The number of hydrogen-bond acceptors (Lipinski definition) is 3. The Morgan fingerprint density at radius 2 is 1.22 bits per heavy atom. The number of quaternary nitrogens is 1. The predicted octanol–water partition coefficient (Wildman–Crippen LogP) is 7.38. The van der Waals surface area contributed by atoms with Gasteiger partial charge in [-0.2, -0.15) is 0 Å². The molecule has 0 unspecified atom stereocenters. The summed E-state index contributed by atoms with van der Waals surface area (Å²) >= 11 is 0. The standard InChI is InChI=1S/C28H50NO3/c1-4-5-6-7-8-9-10-11-12-13-14-15-16-20-24-31-26-29(2,3)23-25-32-28(30)27-21-18-17-19-22-27/h17-19,21-22H,4-16,20,23-26H2,1-3H3/q+1. The summed E-state index contributed by atoms with van der Waals surface area (Å²) in [6.45, 7) is 4.91. The van der Waals surface area contributed by atoms with E-state index in [1.54, 1.807) is 12.1 Å². The summed E-state index contributed by atoms with van der Waals surface area (Å²) in [6, 6.07) is 9.15. The highest BCUT2D eigenvalue weighted by Crippen LogP contribution is 2.13. The van der Waals surface area contributed by atoms with Gasteiger partial charge in [-0.05, 0) is 18.6 Å². The Bertz CT molecular complexity index is 559. The second-order valence-corrected chi connectivity index (χ2v) is 9.79. The molecule has 0 aromatic heterocycles. The Morgan fingerprint density at radius 3 is 1.75 bits per heavy atom. The first-order valence-corrected chi connectivity index (χ1v) is 13.2. The number of rotatable bonds is 21. The van der Waals surface area contributed by atoms with Gasteiger partial charge >= 0.3 is 5.97 Å². The number of unbranched alkanes of at least 4 members (excludes halogenated alkanes) is 13. The van der Waals surface area contributed by atoms with Crippen LogP contribution in [0.5, 0.6) is 0 Å². The molecule has 1 aromatic carbocycles. The van der Waals surface area contributed by atoms with Gasteiger partial charge in [0.1, 0.15) is 13.2 Å². The predicted molar refractivity (Wildman–Crippen MR) is 135 cm³/mol. The van der Waals surface area contributed by atoms with Crippen LogP contribution < -0.4 is 0 Å². The molecule has 4 nitrogen and oxygen atoms in total. The van der Waals surface area contributed by atoms with E-state index in [4.69, 9.17) is 9.47 Å². The molecule has 0 bridgehead atoms. The molecule has 0 saturated heterocycles. The van der Waals surface area contributed by atoms with Crippen LogP contribution in [0.3, 0.4) is 0 Å². The Morgan fingerprint density at radius 1 is 0.719 bits per heavy atom. The van der Waals surface area contributed by atoms with Crippen molar-refractivity contribution in [2.45, 2.75) is 96.8 Å². The Hall–Kier alpha value is -1.39. The van der Waals surface area contributed by atoms with Crippen molar-refractivity contribution in [1.29, 1.82) is 0 Å². The molecule has 0 N–H and O–H groups in total. The third-order valence-corrected chi connectivity index (χ3v) is 6.02. The average Bonchev–Trinajstić information content (AvgIpc) is 2.79. The van der Waals surface area contributed by atoms with Gasteiger partial charge in [0, 0.05) is 0 Å². The molecule has 0 spiro atoms. The van der Waals surface area contributed by atoms with E-state index in [0.29, 0.717) is 23.4 Å². The molecular formula is C28H50NO3+. The van der Waals surface area contributed by atoms with E-state index >= 15 is 0 Å². The molecule has 4 heteroatoms. The Kier molecular flexibility index (Phi) is 17.1. The molecule has 32 heavy (non-hydrogen) atoms. The first-order valence-electron chi connectivity index (χ1n) is 13.2. The van der Waals surface area contributed by atoms with Crippen LogP contribution in [0, 0.1) is 0 Å². The normalized spacial score (nSPS) is 11.6. The third-order valence-electron chi connectivity index (χ3n) is 6.02. The molecule has 0 aliphatic rings. The van der Waals surface area contributed by atoms with Crippen LogP contribution in [0.1, 0.15) is 107 Å². The minimum absolute atomic E-state index is 0.256. The fourth-order valence-corrected chi connectivity index (χ4v) is 3.82. The lowest BCUT2D eigenvalue weighted by Crippen LogP contribution is -2.44. The number of likely N-dealkylation sites (N-methyl/N-ethyl adjacent to an activating group) is 1. The van der Waals surface area contributed by atoms with Crippen molar-refractivity contribution in [1.82, 2.24) is 0 Å². The van der Waals surface area contributed by atoms with E-state index in [2.05, 4.69) is 21.0 Å². The van der Waals surface area contributed by atoms with Crippen molar-refractivity contribution in [3.05, 3.63) is 35.9 Å². The van der Waals surface area contributed by atoms with Gasteiger partial charge in [-0.25, -0.2) is 4.79 Å². The molecule has 184 valence electrons. The van der Waals surface area contributed by atoms with Gasteiger partial charge < -0.3 is 14.0 Å². The molecule has 0 aliphatic heterocycles. The summed E-state index contributed by atoms with van der Waals surface area (Å²) in [6.07, 6.45) is 19.2. The van der Waals surface area contributed by atoms with Crippen LogP contribution in [-0.4, -0.2) is 51.0 Å². The number of benzene rings is 1. The lowest BCUT2D eigenvalue weighted by Gasteiger charge is -2.28. The van der Waals surface area contributed by atoms with Crippen molar-refractivity contribution >= 4 is 5.97 Å². The van der Waals surface area contributed by atoms with Crippen molar-refractivity contribution in [3.8, 4) is 0 Å². The number of hydrogen-bond donors (Lipinski definition) is 0. The number of carbonyl (C=O) groups excluding carboxylic acids is 1. The molecule has 0 fully saturated rings. The maximum Gasteiger partial charge on any atom is 0.338 e. The fourth-order valence-electron chi connectivity index (χ4n) is 3.82. The van der Waals surface area contributed by atoms with Crippen molar-refractivity contribution in [2.24, 2.45) is 0 Å². The highest BCUT2D eigenvalue weighted by molar-refractivity contribution is 5.89. The lowest BCUT2D eigenvalue weighted by atomic mass is 10.0. The fraction of sp³-hybridized carbons (Fsp3) is 0.750. The summed E-state index contributed by atoms with van der Waals surface area (Å²) < 4.78 is 12.0. The van der Waals surface area contributed by atoms with Gasteiger partial charge in [0.2, 0.25) is 0 Å². The van der Waals surface area contributed by atoms with E-state index in [0.717, 1.165) is 19.6 Å². The van der Waals surface area contributed by atoms with E-state index in [-0.39, 0.29) is 5.97 Å². The summed E-state index contributed by atoms with van der Waals surface area (Å²) in [5.74, 6) is -0.256. The molecular weight excluding hydrogens is 398 g/mol. The van der Waals surface area contributed by atoms with Crippen molar-refractivity contribution < 1.29 is 18.8 Å². The van der Waals surface area contributed by atoms with Crippen LogP contribution in [0.2, 0.25) is 0 Å². The number of carbonyl (C=O) groups is 1. The first kappa shape index (κ1) is 28.6. The molecule has 1 rings (SSSR count). The molecule has 0 heterocycles. The summed E-state index contributed by atoms with van der Waals surface area (Å²) in [4.78, 5) is 12.0. The van der Waals surface area contributed by atoms with Crippen LogP contribution in [0.15, 0.2) is 30.3 Å². The average molecular weight is 449 g/mol. The zero-order valence-corrected chi connectivity index (χ0v) is 21.3. The van der Waals surface area contributed by atoms with Crippen molar-refractivity contribution in [2.75, 3.05) is 40.6 Å². The van der Waals surface area contributed by atoms with Gasteiger partial charge in [0.25, 0.3) is 0 Å². The molecule has 0 radical (unpaired) electrons. The minimum Gasteiger partial charge on any atom is -0.456 e. The molecule has 0 aliphatic carbocycles. The summed E-state index contributed by atoms with van der Waals surface area (Å²) in [5.41, 5.74) is 0.604. The highest BCUT2D eigenvalue weighted by atomic mass is 16.5. The van der Waals surface area contributed by atoms with Gasteiger partial charge in [-0.1, -0.05) is 109 Å². The number of ether oxygens (including phenoxy) is 2. The highest BCUT2D eigenvalue weighted by Gasteiger charge is 2.16. The Labute approximate surface area is 198 Å². The summed E-state index contributed by atoms with van der Waals surface area (Å²) in [7, 11) is 4.23. The van der Waals surface area contributed by atoms with E-state index in [1.807, 2.05) is 18.2 Å². The van der Waals surface area contributed by atoms with Crippen LogP contribution >= 0.6 is 0 Å². The second kappa shape index (κ2) is 19.1. The number of esters is 1. The maximum atomic E-state index is 12.0. The molecule has 0 atom stereocenters. The monoisotopic (exact) mass is 448 g/mol. The third kappa shape index (κ3) is 16.3. The van der Waals surface area contributed by atoms with E-state index in [9.17, 15) is 4.79 Å². The van der Waals surface area contributed by atoms with Crippen LogP contribution in [0.4, 0.5) is 0 Å².